The van der Waals surface area contributed by atoms with E-state index < -0.39 is 0 Å². The van der Waals surface area contributed by atoms with Crippen molar-refractivity contribution in [1.29, 1.82) is 0 Å². The van der Waals surface area contributed by atoms with Crippen LogP contribution in [-0.4, -0.2) is 25.8 Å². The minimum absolute atomic E-state index is 0.000746. The summed E-state index contributed by atoms with van der Waals surface area (Å²) in [6.45, 7) is 0.0566. The molecule has 0 aliphatic carbocycles. The maximum Gasteiger partial charge on any atom is 0.123 e. The molecule has 0 fully saturated rings. The Hall–Kier alpha value is -1.87. The quantitative estimate of drug-likeness (QED) is 0.904. The molecule has 2 aromatic rings. The maximum absolute atomic E-state index is 12.9. The lowest BCUT2D eigenvalue weighted by atomic mass is 9.92. The first kappa shape index (κ1) is 14.5. The Kier molecular flexibility index (Phi) is 4.74. The van der Waals surface area contributed by atoms with Crippen molar-refractivity contribution in [3.05, 3.63) is 65.5 Å². The van der Waals surface area contributed by atoms with E-state index in [2.05, 4.69) is 24.3 Å². The Morgan fingerprint density at radius 3 is 2.10 bits per heavy atom. The lowest BCUT2D eigenvalue weighted by Crippen LogP contribution is -2.10. The van der Waals surface area contributed by atoms with Gasteiger partial charge in [0.1, 0.15) is 5.82 Å². The molecule has 1 N–H and O–H groups in total. The van der Waals surface area contributed by atoms with Crippen LogP contribution in [0, 0.1) is 5.82 Å². The van der Waals surface area contributed by atoms with Crippen molar-refractivity contribution in [2.24, 2.45) is 0 Å². The Labute approximate surface area is 119 Å². The van der Waals surface area contributed by atoms with Gasteiger partial charge in [0, 0.05) is 25.7 Å². The standard InChI is InChI=1S/C17H20FNO/c1-19(2)17-9-3-13(4-10-17)11-15(12-20)14-5-7-16(18)8-6-14/h3-10,15,20H,11-12H2,1-2H3. The Bertz CT molecular complexity index is 534. The van der Waals surface area contributed by atoms with Gasteiger partial charge in [0.2, 0.25) is 0 Å². The van der Waals surface area contributed by atoms with Gasteiger partial charge in [-0.2, -0.15) is 0 Å². The van der Waals surface area contributed by atoms with Gasteiger partial charge in [0.25, 0.3) is 0 Å². The monoisotopic (exact) mass is 273 g/mol. The molecular formula is C17H20FNO. The van der Waals surface area contributed by atoms with E-state index in [1.165, 1.54) is 17.7 Å². The molecule has 0 radical (unpaired) electrons. The third-order valence-electron chi connectivity index (χ3n) is 3.50. The number of hydrogen-bond acceptors (Lipinski definition) is 2. The second kappa shape index (κ2) is 6.53. The zero-order chi connectivity index (χ0) is 14.5. The number of nitrogens with zero attached hydrogens (tertiary/aromatic N) is 1. The minimum atomic E-state index is -0.249. The molecule has 2 aromatic carbocycles. The molecule has 2 nitrogen and oxygen atoms in total. The second-order valence-electron chi connectivity index (χ2n) is 5.20. The van der Waals surface area contributed by atoms with Crippen molar-refractivity contribution >= 4 is 5.69 Å². The summed E-state index contributed by atoms with van der Waals surface area (Å²) < 4.78 is 12.9. The number of aliphatic hydroxyl groups is 1. The minimum Gasteiger partial charge on any atom is -0.396 e. The number of hydrogen-bond donors (Lipinski definition) is 1. The van der Waals surface area contributed by atoms with Crippen LogP contribution in [0.25, 0.3) is 0 Å². The van der Waals surface area contributed by atoms with Crippen molar-refractivity contribution < 1.29 is 9.50 Å². The number of rotatable bonds is 5. The van der Waals surface area contributed by atoms with Crippen LogP contribution in [0.2, 0.25) is 0 Å². The molecule has 20 heavy (non-hydrogen) atoms. The molecule has 1 atom stereocenters. The first-order valence-corrected chi connectivity index (χ1v) is 6.72. The van der Waals surface area contributed by atoms with E-state index in [4.69, 9.17) is 0 Å². The van der Waals surface area contributed by atoms with Gasteiger partial charge >= 0.3 is 0 Å². The van der Waals surface area contributed by atoms with Crippen molar-refractivity contribution in [3.63, 3.8) is 0 Å². The Balaban J connectivity index is 2.11. The lowest BCUT2D eigenvalue weighted by Gasteiger charge is -2.16. The van der Waals surface area contributed by atoms with E-state index in [-0.39, 0.29) is 18.3 Å². The largest absolute Gasteiger partial charge is 0.396 e. The summed E-state index contributed by atoms with van der Waals surface area (Å²) in [6.07, 6.45) is 0.746. The van der Waals surface area contributed by atoms with Crippen LogP contribution in [0.4, 0.5) is 10.1 Å². The van der Waals surface area contributed by atoms with E-state index >= 15 is 0 Å². The highest BCUT2D eigenvalue weighted by Crippen LogP contribution is 2.22. The van der Waals surface area contributed by atoms with E-state index in [9.17, 15) is 9.50 Å². The summed E-state index contributed by atoms with van der Waals surface area (Å²) in [6, 6.07) is 14.6. The van der Waals surface area contributed by atoms with Crippen molar-refractivity contribution in [2.75, 3.05) is 25.6 Å². The van der Waals surface area contributed by atoms with Crippen LogP contribution in [0.1, 0.15) is 17.0 Å². The fourth-order valence-corrected chi connectivity index (χ4v) is 2.24. The summed E-state index contributed by atoms with van der Waals surface area (Å²) in [5.41, 5.74) is 3.28. The molecule has 3 heteroatoms. The third kappa shape index (κ3) is 3.58. The third-order valence-corrected chi connectivity index (χ3v) is 3.50. The van der Waals surface area contributed by atoms with E-state index in [1.807, 2.05) is 19.0 Å². The number of benzene rings is 2. The lowest BCUT2D eigenvalue weighted by molar-refractivity contribution is 0.264. The molecule has 0 bridgehead atoms. The van der Waals surface area contributed by atoms with Gasteiger partial charge < -0.3 is 10.0 Å². The SMILES string of the molecule is CN(C)c1ccc(CC(CO)c2ccc(F)cc2)cc1. The Morgan fingerprint density at radius 2 is 1.60 bits per heavy atom. The molecular weight excluding hydrogens is 253 g/mol. The number of anilines is 1. The molecule has 2 rings (SSSR count). The van der Waals surface area contributed by atoms with Gasteiger partial charge in [-0.05, 0) is 41.8 Å². The zero-order valence-electron chi connectivity index (χ0n) is 11.9. The molecule has 0 aliphatic rings. The van der Waals surface area contributed by atoms with Crippen LogP contribution >= 0.6 is 0 Å². The molecule has 106 valence electrons. The van der Waals surface area contributed by atoms with Crippen LogP contribution in [-0.2, 0) is 6.42 Å². The van der Waals surface area contributed by atoms with Gasteiger partial charge in [0.05, 0.1) is 6.61 Å². The van der Waals surface area contributed by atoms with Crippen LogP contribution in [0.3, 0.4) is 0 Å². The van der Waals surface area contributed by atoms with E-state index in [0.717, 1.165) is 17.7 Å². The number of aliphatic hydroxyl groups excluding tert-OH is 1. The molecule has 0 aromatic heterocycles. The van der Waals surface area contributed by atoms with Gasteiger partial charge in [0.15, 0.2) is 0 Å². The normalized spacial score (nSPS) is 12.2. The molecule has 0 saturated heterocycles. The van der Waals surface area contributed by atoms with Crippen LogP contribution < -0.4 is 4.90 Å². The summed E-state index contributed by atoms with van der Waals surface area (Å²) in [5, 5.41) is 9.55. The molecule has 0 spiro atoms. The smallest absolute Gasteiger partial charge is 0.123 e. The van der Waals surface area contributed by atoms with Crippen molar-refractivity contribution in [3.8, 4) is 0 Å². The van der Waals surface area contributed by atoms with Gasteiger partial charge in [-0.1, -0.05) is 24.3 Å². The van der Waals surface area contributed by atoms with Crippen molar-refractivity contribution in [1.82, 2.24) is 0 Å². The molecule has 0 saturated carbocycles. The first-order valence-electron chi connectivity index (χ1n) is 6.72. The Morgan fingerprint density at radius 1 is 1.00 bits per heavy atom. The molecule has 0 amide bonds. The average molecular weight is 273 g/mol. The van der Waals surface area contributed by atoms with Gasteiger partial charge in [-0.3, -0.25) is 0 Å². The van der Waals surface area contributed by atoms with Crippen LogP contribution in [0.5, 0.6) is 0 Å². The predicted octanol–water partition coefficient (Wildman–Crippen LogP) is 3.21. The zero-order valence-corrected chi connectivity index (χ0v) is 11.9. The summed E-state index contributed by atoms with van der Waals surface area (Å²) >= 11 is 0. The highest BCUT2D eigenvalue weighted by molar-refractivity contribution is 5.46. The fraction of sp³-hybridized carbons (Fsp3) is 0.294. The van der Waals surface area contributed by atoms with Gasteiger partial charge in [-0.15, -0.1) is 0 Å². The van der Waals surface area contributed by atoms with Crippen molar-refractivity contribution in [2.45, 2.75) is 12.3 Å². The van der Waals surface area contributed by atoms with E-state index in [0.29, 0.717) is 0 Å². The second-order valence-corrected chi connectivity index (χ2v) is 5.20. The maximum atomic E-state index is 12.9. The number of halogens is 1. The summed E-state index contributed by atoms with van der Waals surface area (Å²) in [4.78, 5) is 2.05. The summed E-state index contributed by atoms with van der Waals surface area (Å²) in [5.74, 6) is -0.249. The topological polar surface area (TPSA) is 23.5 Å². The highest BCUT2D eigenvalue weighted by Gasteiger charge is 2.11. The molecule has 0 aliphatic heterocycles. The molecule has 0 heterocycles. The molecule has 1 unspecified atom stereocenters. The highest BCUT2D eigenvalue weighted by atomic mass is 19.1. The first-order chi connectivity index (χ1) is 9.60. The van der Waals surface area contributed by atoms with Gasteiger partial charge in [-0.25, -0.2) is 4.39 Å². The van der Waals surface area contributed by atoms with E-state index in [1.54, 1.807) is 12.1 Å². The van der Waals surface area contributed by atoms with Crippen LogP contribution in [0.15, 0.2) is 48.5 Å². The summed E-state index contributed by atoms with van der Waals surface area (Å²) in [7, 11) is 4.01. The fourth-order valence-electron chi connectivity index (χ4n) is 2.24. The average Bonchev–Trinajstić information content (AvgIpc) is 2.46. The predicted molar refractivity (Wildman–Crippen MR) is 80.7 cm³/mol.